The van der Waals surface area contributed by atoms with Crippen LogP contribution in [-0.2, 0) is 9.53 Å². The number of nitrogen functional groups attached to an aromatic ring is 1. The lowest BCUT2D eigenvalue weighted by Crippen LogP contribution is -2.27. The molecule has 1 aliphatic rings. The van der Waals surface area contributed by atoms with Crippen molar-refractivity contribution < 1.29 is 13.9 Å². The summed E-state index contributed by atoms with van der Waals surface area (Å²) in [6.45, 7) is 0. The van der Waals surface area contributed by atoms with E-state index in [1.165, 1.54) is 12.3 Å². The molecule has 0 amide bonds. The maximum Gasteiger partial charge on any atom is 0.351 e. The van der Waals surface area contributed by atoms with Crippen molar-refractivity contribution in [3.63, 3.8) is 0 Å². The van der Waals surface area contributed by atoms with E-state index in [4.69, 9.17) is 10.5 Å². The lowest BCUT2D eigenvalue weighted by molar-refractivity contribution is -0.121. The second-order valence-corrected chi connectivity index (χ2v) is 3.49. The van der Waals surface area contributed by atoms with E-state index in [-0.39, 0.29) is 12.2 Å². The number of aldehydes is 1. The van der Waals surface area contributed by atoms with Crippen molar-refractivity contribution in [2.24, 2.45) is 0 Å². The molecule has 0 aliphatic carbocycles. The monoisotopic (exact) mass is 227 g/mol. The first-order valence-electron chi connectivity index (χ1n) is 4.71. The Hall–Kier alpha value is -1.76. The van der Waals surface area contributed by atoms with E-state index in [0.717, 1.165) is 4.57 Å². The number of nitrogens with two attached hydrogens (primary N) is 1. The molecule has 0 bridgehead atoms. The molecule has 7 heteroatoms. The molecule has 1 aromatic rings. The summed E-state index contributed by atoms with van der Waals surface area (Å²) in [4.78, 5) is 25.3. The van der Waals surface area contributed by atoms with E-state index in [9.17, 15) is 14.0 Å². The molecule has 1 saturated heterocycles. The van der Waals surface area contributed by atoms with Crippen molar-refractivity contribution in [3.05, 3.63) is 22.7 Å². The number of rotatable bonds is 2. The summed E-state index contributed by atoms with van der Waals surface area (Å²) in [5.41, 5.74) is 4.69. The van der Waals surface area contributed by atoms with Crippen molar-refractivity contribution in [2.75, 3.05) is 5.73 Å². The number of anilines is 1. The van der Waals surface area contributed by atoms with Crippen molar-refractivity contribution in [2.45, 2.75) is 24.9 Å². The third kappa shape index (κ3) is 1.81. The second kappa shape index (κ2) is 4.01. The number of alkyl halides is 1. The molecule has 0 saturated carbocycles. The smallest absolute Gasteiger partial charge is 0.351 e. The predicted octanol–water partition coefficient (Wildman–Crippen LogP) is -0.350. The average molecular weight is 227 g/mol. The van der Waals surface area contributed by atoms with Crippen LogP contribution in [0.4, 0.5) is 10.2 Å². The SMILES string of the molecule is Nc1ccn([C@H]2C[C@H](F)[C@@H](C=O)O2)c(=O)n1. The minimum Gasteiger partial charge on any atom is -0.383 e. The molecule has 16 heavy (non-hydrogen) atoms. The highest BCUT2D eigenvalue weighted by Crippen LogP contribution is 2.28. The molecular weight excluding hydrogens is 217 g/mol. The Morgan fingerprint density at radius 2 is 2.44 bits per heavy atom. The first-order chi connectivity index (χ1) is 7.61. The van der Waals surface area contributed by atoms with Gasteiger partial charge in [0.25, 0.3) is 0 Å². The largest absolute Gasteiger partial charge is 0.383 e. The van der Waals surface area contributed by atoms with Gasteiger partial charge in [-0.15, -0.1) is 0 Å². The molecule has 2 rings (SSSR count). The van der Waals surface area contributed by atoms with Gasteiger partial charge in [-0.2, -0.15) is 4.98 Å². The normalized spacial score (nSPS) is 29.2. The van der Waals surface area contributed by atoms with E-state index in [1.54, 1.807) is 0 Å². The highest BCUT2D eigenvalue weighted by atomic mass is 19.1. The molecule has 0 radical (unpaired) electrons. The van der Waals surface area contributed by atoms with Crippen LogP contribution in [-0.4, -0.2) is 28.1 Å². The highest BCUT2D eigenvalue weighted by Gasteiger charge is 2.36. The van der Waals surface area contributed by atoms with Gasteiger partial charge < -0.3 is 15.3 Å². The summed E-state index contributed by atoms with van der Waals surface area (Å²) in [5.74, 6) is 0.0861. The summed E-state index contributed by atoms with van der Waals surface area (Å²) in [7, 11) is 0. The summed E-state index contributed by atoms with van der Waals surface area (Å²) in [6.07, 6.45) is -1.60. The van der Waals surface area contributed by atoms with Gasteiger partial charge in [-0.25, -0.2) is 9.18 Å². The fourth-order valence-corrected chi connectivity index (χ4v) is 1.59. The zero-order valence-electron chi connectivity index (χ0n) is 8.25. The van der Waals surface area contributed by atoms with E-state index >= 15 is 0 Å². The van der Waals surface area contributed by atoms with Crippen LogP contribution in [0.5, 0.6) is 0 Å². The summed E-state index contributed by atoms with van der Waals surface area (Å²) >= 11 is 0. The highest BCUT2D eigenvalue weighted by molar-refractivity contribution is 5.57. The van der Waals surface area contributed by atoms with Crippen LogP contribution >= 0.6 is 0 Å². The van der Waals surface area contributed by atoms with Crippen LogP contribution in [0.2, 0.25) is 0 Å². The Balaban J connectivity index is 2.26. The molecule has 1 aromatic heterocycles. The Morgan fingerprint density at radius 3 is 3.00 bits per heavy atom. The topological polar surface area (TPSA) is 87.2 Å². The number of carbonyl (C=O) groups is 1. The summed E-state index contributed by atoms with van der Waals surface area (Å²) in [6, 6.07) is 1.41. The van der Waals surface area contributed by atoms with Crippen molar-refractivity contribution >= 4 is 12.1 Å². The fourth-order valence-electron chi connectivity index (χ4n) is 1.59. The standard InChI is InChI=1S/C9H10FN3O3/c10-5-3-8(16-6(5)4-14)13-2-1-7(11)12-9(13)15/h1-2,4-6,8H,3H2,(H2,11,12,15)/t5-,6+,8+/m0/s1. The predicted molar refractivity (Wildman–Crippen MR) is 52.4 cm³/mol. The Morgan fingerprint density at radius 1 is 1.69 bits per heavy atom. The molecule has 3 atom stereocenters. The van der Waals surface area contributed by atoms with Gasteiger partial charge in [-0.3, -0.25) is 4.57 Å². The molecule has 1 fully saturated rings. The fraction of sp³-hybridized carbons (Fsp3) is 0.444. The van der Waals surface area contributed by atoms with Gasteiger partial charge in [0.15, 0.2) is 6.29 Å². The maximum atomic E-state index is 13.2. The molecular formula is C9H10FN3O3. The van der Waals surface area contributed by atoms with Gasteiger partial charge in [0.05, 0.1) is 0 Å². The Labute approximate surface area is 89.8 Å². The van der Waals surface area contributed by atoms with Crippen molar-refractivity contribution in [1.29, 1.82) is 0 Å². The Bertz CT molecular complexity index is 462. The van der Waals surface area contributed by atoms with E-state index in [1.807, 2.05) is 0 Å². The van der Waals surface area contributed by atoms with E-state index < -0.39 is 24.2 Å². The maximum absolute atomic E-state index is 13.2. The van der Waals surface area contributed by atoms with E-state index in [2.05, 4.69) is 4.98 Å². The summed E-state index contributed by atoms with van der Waals surface area (Å²) < 4.78 is 19.4. The quantitative estimate of drug-likeness (QED) is 0.698. The Kier molecular flexibility index (Phi) is 2.69. The van der Waals surface area contributed by atoms with Crippen LogP contribution in [0.25, 0.3) is 0 Å². The van der Waals surface area contributed by atoms with Crippen molar-refractivity contribution in [3.8, 4) is 0 Å². The number of carbonyl (C=O) groups excluding carboxylic acids is 1. The molecule has 0 spiro atoms. The first kappa shape index (κ1) is 10.7. The molecule has 86 valence electrons. The number of ether oxygens (including phenoxy) is 1. The molecule has 2 N–H and O–H groups in total. The summed E-state index contributed by atoms with van der Waals surface area (Å²) in [5, 5.41) is 0. The third-order valence-corrected chi connectivity index (χ3v) is 2.39. The van der Waals surface area contributed by atoms with Crippen LogP contribution in [0.15, 0.2) is 17.1 Å². The van der Waals surface area contributed by atoms with E-state index in [0.29, 0.717) is 6.29 Å². The van der Waals surface area contributed by atoms with Gasteiger partial charge in [-0.05, 0) is 6.07 Å². The zero-order valence-corrected chi connectivity index (χ0v) is 8.25. The average Bonchev–Trinajstić information content (AvgIpc) is 2.59. The molecule has 0 unspecified atom stereocenters. The van der Waals surface area contributed by atoms with Crippen LogP contribution in [0, 0.1) is 0 Å². The van der Waals surface area contributed by atoms with Crippen LogP contribution in [0.3, 0.4) is 0 Å². The second-order valence-electron chi connectivity index (χ2n) is 3.49. The lowest BCUT2D eigenvalue weighted by Gasteiger charge is -2.12. The number of nitrogens with zero attached hydrogens (tertiary/aromatic N) is 2. The van der Waals surface area contributed by atoms with Gasteiger partial charge in [0, 0.05) is 12.6 Å². The van der Waals surface area contributed by atoms with Crippen LogP contribution in [0.1, 0.15) is 12.6 Å². The van der Waals surface area contributed by atoms with Crippen LogP contribution < -0.4 is 11.4 Å². The molecule has 0 aromatic carbocycles. The minimum atomic E-state index is -1.40. The minimum absolute atomic E-state index is 0.0467. The van der Waals surface area contributed by atoms with Gasteiger partial charge in [-0.1, -0.05) is 0 Å². The first-order valence-corrected chi connectivity index (χ1v) is 4.71. The van der Waals surface area contributed by atoms with Gasteiger partial charge in [0.1, 0.15) is 24.3 Å². The number of aromatic nitrogens is 2. The number of hydrogen-bond acceptors (Lipinski definition) is 5. The molecule has 2 heterocycles. The third-order valence-electron chi connectivity index (χ3n) is 2.39. The molecule has 1 aliphatic heterocycles. The zero-order chi connectivity index (χ0) is 11.7. The van der Waals surface area contributed by atoms with Crippen molar-refractivity contribution in [1.82, 2.24) is 9.55 Å². The lowest BCUT2D eigenvalue weighted by atomic mass is 10.2. The molecule has 6 nitrogen and oxygen atoms in total. The number of halogens is 1. The van der Waals surface area contributed by atoms with Gasteiger partial charge in [0.2, 0.25) is 0 Å². The number of hydrogen-bond donors (Lipinski definition) is 1. The van der Waals surface area contributed by atoms with Gasteiger partial charge >= 0.3 is 5.69 Å².